The third-order valence-corrected chi connectivity index (χ3v) is 6.67. The molecule has 1 amide bonds. The maximum atomic E-state index is 13.5. The van der Waals surface area contributed by atoms with E-state index < -0.39 is 0 Å². The molecule has 0 N–H and O–H groups in total. The third-order valence-electron chi connectivity index (χ3n) is 6.44. The lowest BCUT2D eigenvalue weighted by Gasteiger charge is -2.37. The van der Waals surface area contributed by atoms with Crippen LogP contribution in [0.4, 0.5) is 0 Å². The zero-order valence-electron chi connectivity index (χ0n) is 17.6. The number of hydrogen-bond acceptors (Lipinski definition) is 4. The van der Waals surface area contributed by atoms with Crippen molar-refractivity contribution < 1.29 is 4.79 Å². The number of hydrogen-bond donors (Lipinski definition) is 0. The molecular formula is C22H32ClN5O. The second kappa shape index (κ2) is 9.02. The number of rotatable bonds is 3. The molecule has 7 heteroatoms. The van der Waals surface area contributed by atoms with E-state index in [1.165, 1.54) is 19.3 Å². The Kier molecular flexibility index (Phi) is 6.42. The van der Waals surface area contributed by atoms with Gasteiger partial charge in [0.2, 0.25) is 0 Å². The Labute approximate surface area is 178 Å². The lowest BCUT2D eigenvalue weighted by Crippen LogP contribution is -2.49. The zero-order chi connectivity index (χ0) is 20.4. The number of aromatic nitrogens is 2. The number of piperazine rings is 1. The molecule has 0 bridgehead atoms. The quantitative estimate of drug-likeness (QED) is 0.766. The molecule has 2 saturated heterocycles. The number of carbonyl (C=O) groups excluding carboxylic acids is 1. The van der Waals surface area contributed by atoms with Crippen molar-refractivity contribution in [2.45, 2.75) is 51.6 Å². The smallest absolute Gasteiger partial charge is 0.274 e. The maximum Gasteiger partial charge on any atom is 0.274 e. The molecule has 0 unspecified atom stereocenters. The van der Waals surface area contributed by atoms with Crippen LogP contribution in [0.3, 0.4) is 0 Å². The number of likely N-dealkylation sites (N-methyl/N-ethyl adjacent to an activating group) is 1. The molecule has 0 aromatic carbocycles. The topological polar surface area (TPSA) is 44.1 Å². The van der Waals surface area contributed by atoms with Crippen LogP contribution < -0.4 is 0 Å². The van der Waals surface area contributed by atoms with Crippen molar-refractivity contribution in [2.24, 2.45) is 0 Å². The van der Waals surface area contributed by atoms with Crippen LogP contribution in [0, 0.1) is 0 Å². The summed E-state index contributed by atoms with van der Waals surface area (Å²) in [5.41, 5.74) is 2.35. The van der Waals surface area contributed by atoms with Gasteiger partial charge in [0.1, 0.15) is 5.65 Å². The standard InChI is InChI=1S/C22H32ClN5O/c1-17-14-26(13-12-25(17)2)16-19-21(24-20-9-8-18(23)15-28(19)20)22(29)27-10-6-4-3-5-7-11-27/h8-9,15,17H,3-7,10-14,16H2,1-2H3/t17-/m0/s1. The first-order chi connectivity index (χ1) is 14.0. The molecule has 0 saturated carbocycles. The summed E-state index contributed by atoms with van der Waals surface area (Å²) in [6.45, 7) is 7.65. The van der Waals surface area contributed by atoms with Crippen molar-refractivity contribution in [3.63, 3.8) is 0 Å². The Morgan fingerprint density at radius 3 is 2.55 bits per heavy atom. The van der Waals surface area contributed by atoms with E-state index in [4.69, 9.17) is 16.6 Å². The third kappa shape index (κ3) is 4.60. The summed E-state index contributed by atoms with van der Waals surface area (Å²) < 4.78 is 2.02. The van der Waals surface area contributed by atoms with Crippen molar-refractivity contribution in [3.05, 3.63) is 34.7 Å². The summed E-state index contributed by atoms with van der Waals surface area (Å²) in [5.74, 6) is 0.0731. The van der Waals surface area contributed by atoms with Gasteiger partial charge in [-0.3, -0.25) is 9.69 Å². The molecule has 6 nitrogen and oxygen atoms in total. The van der Waals surface area contributed by atoms with E-state index in [1.54, 1.807) is 0 Å². The van der Waals surface area contributed by atoms with Gasteiger partial charge in [0.05, 0.1) is 10.7 Å². The number of nitrogens with zero attached hydrogens (tertiary/aromatic N) is 5. The van der Waals surface area contributed by atoms with Crippen LogP contribution in [-0.4, -0.2) is 75.8 Å². The van der Waals surface area contributed by atoms with Gasteiger partial charge >= 0.3 is 0 Å². The van der Waals surface area contributed by atoms with Gasteiger partial charge < -0.3 is 14.2 Å². The predicted octanol–water partition coefficient (Wildman–Crippen LogP) is 3.53. The first-order valence-corrected chi connectivity index (χ1v) is 11.3. The van der Waals surface area contributed by atoms with Gasteiger partial charge in [-0.2, -0.15) is 0 Å². The van der Waals surface area contributed by atoms with Crippen molar-refractivity contribution in [1.82, 2.24) is 24.1 Å². The van der Waals surface area contributed by atoms with Gasteiger partial charge in [-0.25, -0.2) is 4.98 Å². The first-order valence-electron chi connectivity index (χ1n) is 10.9. The van der Waals surface area contributed by atoms with Gasteiger partial charge in [-0.05, 0) is 38.9 Å². The molecular weight excluding hydrogens is 386 g/mol. The largest absolute Gasteiger partial charge is 0.337 e. The summed E-state index contributed by atoms with van der Waals surface area (Å²) in [6.07, 6.45) is 7.74. The zero-order valence-corrected chi connectivity index (χ0v) is 18.4. The minimum absolute atomic E-state index is 0.0731. The van der Waals surface area contributed by atoms with E-state index in [-0.39, 0.29) is 5.91 Å². The number of fused-ring (bicyclic) bond motifs is 1. The minimum atomic E-state index is 0.0731. The highest BCUT2D eigenvalue weighted by atomic mass is 35.5. The molecule has 2 fully saturated rings. The Bertz CT molecular complexity index is 858. The first kappa shape index (κ1) is 20.6. The number of likely N-dealkylation sites (tertiary alicyclic amines) is 1. The second-order valence-corrected chi connectivity index (χ2v) is 9.04. The van der Waals surface area contributed by atoms with Crippen molar-refractivity contribution in [1.29, 1.82) is 0 Å². The normalized spacial score (nSPS) is 22.6. The van der Waals surface area contributed by atoms with Gasteiger partial charge in [-0.1, -0.05) is 30.9 Å². The Morgan fingerprint density at radius 2 is 1.83 bits per heavy atom. The maximum absolute atomic E-state index is 13.5. The number of amides is 1. The fourth-order valence-corrected chi connectivity index (χ4v) is 4.63. The molecule has 2 aromatic heterocycles. The molecule has 2 aliphatic heterocycles. The Morgan fingerprint density at radius 1 is 1.10 bits per heavy atom. The molecule has 158 valence electrons. The average Bonchev–Trinajstić information content (AvgIpc) is 3.02. The van der Waals surface area contributed by atoms with Gasteiger partial charge in [0.25, 0.3) is 5.91 Å². The highest BCUT2D eigenvalue weighted by molar-refractivity contribution is 6.30. The van der Waals surface area contributed by atoms with Crippen molar-refractivity contribution >= 4 is 23.2 Å². The van der Waals surface area contributed by atoms with E-state index in [0.29, 0.717) is 23.3 Å². The van der Waals surface area contributed by atoms with Gasteiger partial charge in [-0.15, -0.1) is 0 Å². The molecule has 29 heavy (non-hydrogen) atoms. The molecule has 0 radical (unpaired) electrons. The van der Waals surface area contributed by atoms with E-state index in [9.17, 15) is 4.79 Å². The predicted molar refractivity (Wildman–Crippen MR) is 117 cm³/mol. The fourth-order valence-electron chi connectivity index (χ4n) is 4.47. The number of halogens is 1. The van der Waals surface area contributed by atoms with Crippen LogP contribution in [0.1, 0.15) is 55.2 Å². The lowest BCUT2D eigenvalue weighted by atomic mass is 10.1. The van der Waals surface area contributed by atoms with E-state index in [1.807, 2.05) is 27.6 Å². The number of imidazole rings is 1. The summed E-state index contributed by atoms with van der Waals surface area (Å²) in [6, 6.07) is 4.25. The fraction of sp³-hybridized carbons (Fsp3) is 0.636. The van der Waals surface area contributed by atoms with Crippen LogP contribution in [-0.2, 0) is 6.54 Å². The molecule has 4 rings (SSSR count). The van der Waals surface area contributed by atoms with Crippen molar-refractivity contribution in [3.8, 4) is 0 Å². The highest BCUT2D eigenvalue weighted by Gasteiger charge is 2.27. The molecule has 0 aliphatic carbocycles. The van der Waals surface area contributed by atoms with Gasteiger partial charge in [0, 0.05) is 51.5 Å². The lowest BCUT2D eigenvalue weighted by molar-refractivity contribution is 0.0729. The van der Waals surface area contributed by atoms with E-state index in [0.717, 1.165) is 56.9 Å². The highest BCUT2D eigenvalue weighted by Crippen LogP contribution is 2.22. The summed E-state index contributed by atoms with van der Waals surface area (Å²) in [5, 5.41) is 0.660. The van der Waals surface area contributed by atoms with Crippen LogP contribution in [0.5, 0.6) is 0 Å². The van der Waals surface area contributed by atoms with E-state index >= 15 is 0 Å². The van der Waals surface area contributed by atoms with E-state index in [2.05, 4.69) is 23.8 Å². The van der Waals surface area contributed by atoms with Gasteiger partial charge in [0.15, 0.2) is 5.69 Å². The van der Waals surface area contributed by atoms with Crippen LogP contribution >= 0.6 is 11.6 Å². The van der Waals surface area contributed by atoms with Crippen LogP contribution in [0.25, 0.3) is 5.65 Å². The Hall–Kier alpha value is -1.63. The van der Waals surface area contributed by atoms with Crippen LogP contribution in [0.2, 0.25) is 5.02 Å². The second-order valence-electron chi connectivity index (χ2n) is 8.61. The molecule has 2 aromatic rings. The number of carbonyl (C=O) groups is 1. The minimum Gasteiger partial charge on any atom is -0.337 e. The summed E-state index contributed by atoms with van der Waals surface area (Å²) >= 11 is 6.29. The number of pyridine rings is 1. The molecule has 1 atom stereocenters. The monoisotopic (exact) mass is 417 g/mol. The average molecular weight is 418 g/mol. The summed E-state index contributed by atoms with van der Waals surface area (Å²) in [4.78, 5) is 25.1. The van der Waals surface area contributed by atoms with Crippen LogP contribution in [0.15, 0.2) is 18.3 Å². The summed E-state index contributed by atoms with van der Waals surface area (Å²) in [7, 11) is 2.17. The molecule has 2 aliphatic rings. The molecule has 0 spiro atoms. The Balaban J connectivity index is 1.65. The molecule has 4 heterocycles. The SMILES string of the molecule is C[C@H]1CN(Cc2c(C(=O)N3CCCCCCC3)nc3ccc(Cl)cn23)CCN1C. The van der Waals surface area contributed by atoms with Crippen molar-refractivity contribution in [2.75, 3.05) is 39.8 Å².